The van der Waals surface area contributed by atoms with Gasteiger partial charge in [-0.3, -0.25) is 0 Å². The maximum absolute atomic E-state index is 7.57. The van der Waals surface area contributed by atoms with Crippen molar-refractivity contribution in [2.24, 2.45) is 18.1 Å². The summed E-state index contributed by atoms with van der Waals surface area (Å²) < 4.78 is 65.8. The molecule has 12 heterocycles. The van der Waals surface area contributed by atoms with Crippen molar-refractivity contribution in [1.82, 2.24) is 120 Å². The van der Waals surface area contributed by atoms with Crippen LogP contribution in [0, 0.1) is 0 Å². The molecule has 0 aromatic heterocycles. The zero-order valence-electron chi connectivity index (χ0n) is 49.4. The SMILES string of the molecule is C1CN(P(=N[PH](N=P(N2CCNCC2)(N2CCNCC2)N2CCNCC2)(N=P(N2CCNCC2)(N2CCNCC2)N2CCNCC2)N=P(N2CCNCC2)(N2CCNCC2)N2CCNCC2)(N2CCNCC2)N2CCNCC2)CCN1. The quantitative estimate of drug-likeness (QED) is 0.0693. The molecular formula is C48H109N28P5. The fraction of sp³-hybridized carbons (Fsp3) is 1.00. The zero-order valence-corrected chi connectivity index (χ0v) is 54.0. The number of hydrogen-bond acceptors (Lipinski definition) is 16. The number of rotatable bonds is 16. The summed E-state index contributed by atoms with van der Waals surface area (Å²) in [4.78, 5) is 0. The first-order valence-electron chi connectivity index (χ1n) is 32.2. The monoisotopic (exact) mass is 1230 g/mol. The van der Waals surface area contributed by atoms with Gasteiger partial charge >= 0.3 is 490 Å². The second-order valence-corrected chi connectivity index (χ2v) is 39.1. The molecule has 12 N–H and O–H groups in total. The Morgan fingerprint density at radius 3 is 0.333 bits per heavy atom. The van der Waals surface area contributed by atoms with Crippen molar-refractivity contribution in [3.8, 4) is 0 Å². The van der Waals surface area contributed by atoms with Gasteiger partial charge in [-0.1, -0.05) is 0 Å². The van der Waals surface area contributed by atoms with Crippen LogP contribution in [0.4, 0.5) is 0 Å². The van der Waals surface area contributed by atoms with E-state index in [1.807, 2.05) is 0 Å². The van der Waals surface area contributed by atoms with E-state index in [1.165, 1.54) is 0 Å². The molecule has 0 atom stereocenters. The second-order valence-electron chi connectivity index (χ2n) is 23.6. The molecule has 12 aliphatic rings. The van der Waals surface area contributed by atoms with Crippen molar-refractivity contribution in [3.05, 3.63) is 0 Å². The van der Waals surface area contributed by atoms with Crippen molar-refractivity contribution < 1.29 is 0 Å². The van der Waals surface area contributed by atoms with Gasteiger partial charge in [-0.05, 0) is 0 Å². The molecule has 28 nitrogen and oxygen atoms in total. The average molecular weight is 1230 g/mol. The number of hydrogen-bond donors (Lipinski definition) is 12. The van der Waals surface area contributed by atoms with E-state index in [4.69, 9.17) is 18.1 Å². The summed E-state index contributed by atoms with van der Waals surface area (Å²) in [5, 5.41) is 46.5. The van der Waals surface area contributed by atoms with Crippen LogP contribution in [0.1, 0.15) is 0 Å². The number of nitrogens with zero attached hydrogens (tertiary/aromatic N) is 16. The Labute approximate surface area is 487 Å². The Bertz CT molecular complexity index is 1650. The van der Waals surface area contributed by atoms with E-state index in [0.717, 1.165) is 314 Å². The van der Waals surface area contributed by atoms with Crippen molar-refractivity contribution in [3.63, 3.8) is 0 Å². The van der Waals surface area contributed by atoms with Gasteiger partial charge < -0.3 is 0 Å². The van der Waals surface area contributed by atoms with Gasteiger partial charge in [-0.25, -0.2) is 0 Å². The van der Waals surface area contributed by atoms with E-state index >= 15 is 0 Å². The molecule has 12 saturated heterocycles. The molecule has 0 bridgehead atoms. The third-order valence-corrected chi connectivity index (χ3v) is 41.2. The molecule has 0 amide bonds. The molecule has 0 aliphatic carbocycles. The van der Waals surface area contributed by atoms with Crippen molar-refractivity contribution in [2.75, 3.05) is 314 Å². The summed E-state index contributed by atoms with van der Waals surface area (Å²) in [7, 11) is -16.0. The van der Waals surface area contributed by atoms with Gasteiger partial charge in [0.2, 0.25) is 0 Å². The van der Waals surface area contributed by atoms with Gasteiger partial charge in [-0.15, -0.1) is 0 Å². The Hall–Kier alpha value is 0.390. The third-order valence-electron chi connectivity index (χ3n) is 18.7. The van der Waals surface area contributed by atoms with Crippen LogP contribution < -0.4 is 63.8 Å². The molecule has 81 heavy (non-hydrogen) atoms. The Balaban J connectivity index is 1.34. The molecule has 0 spiro atoms. The van der Waals surface area contributed by atoms with E-state index < -0.39 is 37.9 Å². The van der Waals surface area contributed by atoms with Crippen LogP contribution in [0.2, 0.25) is 0 Å². The van der Waals surface area contributed by atoms with Crippen molar-refractivity contribution in [1.29, 1.82) is 0 Å². The predicted molar refractivity (Wildman–Crippen MR) is 339 cm³/mol. The van der Waals surface area contributed by atoms with Gasteiger partial charge in [-0.2, -0.15) is 0 Å². The Morgan fingerprint density at radius 2 is 0.247 bits per heavy atom. The minimum absolute atomic E-state index is 0.949. The zero-order chi connectivity index (χ0) is 54.7. The summed E-state index contributed by atoms with van der Waals surface area (Å²) in [5.74, 6) is 0. The summed E-state index contributed by atoms with van der Waals surface area (Å²) in [6.07, 6.45) is 0. The molecular weight excluding hydrogens is 1120 g/mol. The topological polar surface area (TPSA) is 233 Å². The van der Waals surface area contributed by atoms with Crippen LogP contribution in [0.15, 0.2) is 18.1 Å². The Morgan fingerprint density at radius 1 is 0.160 bits per heavy atom. The summed E-state index contributed by atoms with van der Waals surface area (Å²) in [6, 6.07) is 0. The van der Waals surface area contributed by atoms with E-state index in [1.54, 1.807) is 0 Å². The fourth-order valence-electron chi connectivity index (χ4n) is 14.8. The summed E-state index contributed by atoms with van der Waals surface area (Å²) >= 11 is 0. The molecule has 0 aromatic carbocycles. The van der Waals surface area contributed by atoms with Crippen LogP contribution in [0.25, 0.3) is 0 Å². The Kier molecular flexibility index (Phi) is 22.7. The molecule has 12 fully saturated rings. The molecule has 12 aliphatic heterocycles. The van der Waals surface area contributed by atoms with Gasteiger partial charge in [0.1, 0.15) is 0 Å². The van der Waals surface area contributed by atoms with Crippen molar-refractivity contribution >= 4 is 37.9 Å². The van der Waals surface area contributed by atoms with Crippen LogP contribution in [-0.4, -0.2) is 370 Å². The number of nitrogens with one attached hydrogen (secondary N) is 12. The molecule has 466 valence electrons. The van der Waals surface area contributed by atoms with Gasteiger partial charge in [0.25, 0.3) is 0 Å². The van der Waals surface area contributed by atoms with E-state index in [-0.39, 0.29) is 0 Å². The van der Waals surface area contributed by atoms with Gasteiger partial charge in [0, 0.05) is 0 Å². The van der Waals surface area contributed by atoms with Crippen LogP contribution >= 0.6 is 37.9 Å². The first-order valence-corrected chi connectivity index (χ1v) is 40.4. The first-order chi connectivity index (χ1) is 40.1. The van der Waals surface area contributed by atoms with Gasteiger partial charge in [0.15, 0.2) is 0 Å². The predicted octanol–water partition coefficient (Wildman–Crippen LogP) is -2.96. The number of piperazine rings is 12. The molecule has 0 aromatic rings. The first kappa shape index (κ1) is 61.6. The van der Waals surface area contributed by atoms with Crippen LogP contribution in [0.5, 0.6) is 0 Å². The minimum atomic E-state index is -4.39. The van der Waals surface area contributed by atoms with Crippen molar-refractivity contribution in [2.45, 2.75) is 0 Å². The second kappa shape index (κ2) is 29.8. The molecule has 0 unspecified atom stereocenters. The molecule has 33 heteroatoms. The van der Waals surface area contributed by atoms with Gasteiger partial charge in [0.05, 0.1) is 0 Å². The van der Waals surface area contributed by atoms with E-state index in [2.05, 4.69) is 120 Å². The fourth-order valence-corrected chi connectivity index (χ4v) is 42.9. The molecule has 0 saturated carbocycles. The summed E-state index contributed by atoms with van der Waals surface area (Å²) in [6.45, 7) is 45.6. The summed E-state index contributed by atoms with van der Waals surface area (Å²) in [5.41, 5.74) is 0. The maximum atomic E-state index is 7.57. The normalized spacial score (nSPS) is 29.3. The van der Waals surface area contributed by atoms with E-state index in [0.29, 0.717) is 0 Å². The average Bonchev–Trinajstić information content (AvgIpc) is 3.68. The van der Waals surface area contributed by atoms with E-state index in [9.17, 15) is 0 Å². The standard InChI is InChI=1S/C48H109N28P5/c1-25-65(26-2-49-1)78(66-27-3-50-4-28-66,67-29-5-51-6-30-67)61-77(62-79(68-31-7-52-8-32-68,69-33-9-53-10-34-69)70-35-11-54-12-36-70,63-80(71-37-13-55-14-38-71,72-39-15-56-16-40-72)73-41-17-57-18-42-73)64-81(74-43-19-58-20-44-74,75-45-21-59-22-46-75)76-47-23-60-24-48-76/h49-60,77H,1-48H2. The molecule has 0 radical (unpaired) electrons. The molecule has 12 rings (SSSR count). The third kappa shape index (κ3) is 13.3. The van der Waals surface area contributed by atoms with Crippen LogP contribution in [0.3, 0.4) is 0 Å². The van der Waals surface area contributed by atoms with Crippen LogP contribution in [-0.2, 0) is 0 Å².